The third-order valence-corrected chi connectivity index (χ3v) is 6.11. The lowest BCUT2D eigenvalue weighted by Gasteiger charge is -2.28. The van der Waals surface area contributed by atoms with E-state index in [0.29, 0.717) is 25.0 Å². The van der Waals surface area contributed by atoms with Crippen LogP contribution in [0, 0.1) is 11.8 Å². The van der Waals surface area contributed by atoms with E-state index in [9.17, 15) is 9.59 Å². The van der Waals surface area contributed by atoms with Crippen molar-refractivity contribution >= 4 is 5.97 Å². The van der Waals surface area contributed by atoms with Gasteiger partial charge in [-0.15, -0.1) is 0 Å². The molecule has 0 atom stereocenters. The number of nitrogens with zero attached hydrogens (tertiary/aromatic N) is 2. The van der Waals surface area contributed by atoms with Crippen molar-refractivity contribution < 1.29 is 14.6 Å². The predicted octanol–water partition coefficient (Wildman–Crippen LogP) is 4.48. The van der Waals surface area contributed by atoms with Gasteiger partial charge in [0.2, 0.25) is 0 Å². The maximum atomic E-state index is 13.0. The predicted molar refractivity (Wildman–Crippen MR) is 123 cm³/mol. The minimum absolute atomic E-state index is 0.0875. The minimum Gasteiger partial charge on any atom is -0.480 e. The van der Waals surface area contributed by atoms with E-state index in [1.807, 2.05) is 60.7 Å². The summed E-state index contributed by atoms with van der Waals surface area (Å²) in [7, 11) is 0. The average Bonchev–Trinajstić information content (AvgIpc) is 2.82. The summed E-state index contributed by atoms with van der Waals surface area (Å²) < 4.78 is 6.87. The fourth-order valence-corrected chi connectivity index (χ4v) is 4.41. The lowest BCUT2D eigenvalue weighted by Crippen LogP contribution is -2.29. The van der Waals surface area contributed by atoms with Gasteiger partial charge in [0.05, 0.1) is 12.3 Å². The molecule has 6 heteroatoms. The van der Waals surface area contributed by atoms with Crippen LogP contribution in [0.1, 0.15) is 25.7 Å². The van der Waals surface area contributed by atoms with Crippen molar-refractivity contribution in [3.8, 4) is 22.4 Å². The van der Waals surface area contributed by atoms with Gasteiger partial charge in [-0.05, 0) is 43.1 Å². The Morgan fingerprint density at radius 3 is 2.16 bits per heavy atom. The summed E-state index contributed by atoms with van der Waals surface area (Å²) in [6.45, 7) is 0.840. The van der Waals surface area contributed by atoms with Crippen LogP contribution in [0.25, 0.3) is 22.4 Å². The number of benzene rings is 2. The maximum absolute atomic E-state index is 13.0. The molecule has 1 aliphatic carbocycles. The van der Waals surface area contributed by atoms with Crippen molar-refractivity contribution in [2.45, 2.75) is 32.2 Å². The second kappa shape index (κ2) is 10.4. The normalized spacial score (nSPS) is 18.4. The Kier molecular flexibility index (Phi) is 7.12. The maximum Gasteiger partial charge on any atom is 0.329 e. The summed E-state index contributed by atoms with van der Waals surface area (Å²) in [5, 5.41) is 13.5. The Balaban J connectivity index is 1.52. The average molecular weight is 433 g/mol. The number of hydrogen-bond acceptors (Lipinski definition) is 4. The lowest BCUT2D eigenvalue weighted by molar-refractivity contribution is -0.142. The highest BCUT2D eigenvalue weighted by molar-refractivity contribution is 5.80. The van der Waals surface area contributed by atoms with Gasteiger partial charge in [-0.2, -0.15) is 5.10 Å². The molecule has 0 bridgehead atoms. The third-order valence-electron chi connectivity index (χ3n) is 6.11. The summed E-state index contributed by atoms with van der Waals surface area (Å²) in [4.78, 5) is 23.6. The van der Waals surface area contributed by atoms with E-state index < -0.39 is 5.97 Å². The molecular formula is C26H28N2O4. The van der Waals surface area contributed by atoms with Gasteiger partial charge in [-0.1, -0.05) is 60.7 Å². The topological polar surface area (TPSA) is 81.4 Å². The van der Waals surface area contributed by atoms with E-state index >= 15 is 0 Å². The van der Waals surface area contributed by atoms with Gasteiger partial charge in [0, 0.05) is 23.7 Å². The highest BCUT2D eigenvalue weighted by atomic mass is 16.5. The Bertz CT molecular complexity index is 1090. The zero-order valence-corrected chi connectivity index (χ0v) is 18.0. The van der Waals surface area contributed by atoms with Crippen LogP contribution in [0.4, 0.5) is 0 Å². The first-order chi connectivity index (χ1) is 15.6. The molecule has 0 aliphatic heterocycles. The van der Waals surface area contributed by atoms with Crippen molar-refractivity contribution in [1.29, 1.82) is 0 Å². The Morgan fingerprint density at radius 2 is 1.53 bits per heavy atom. The van der Waals surface area contributed by atoms with Crippen LogP contribution >= 0.6 is 0 Å². The number of carboxylic acids is 1. The molecule has 0 amide bonds. The van der Waals surface area contributed by atoms with Gasteiger partial charge < -0.3 is 9.84 Å². The second-order valence-corrected chi connectivity index (χ2v) is 8.45. The summed E-state index contributed by atoms with van der Waals surface area (Å²) in [6.07, 6.45) is 3.92. The van der Waals surface area contributed by atoms with E-state index in [4.69, 9.17) is 14.9 Å². The largest absolute Gasteiger partial charge is 0.480 e. The van der Waals surface area contributed by atoms with Crippen molar-refractivity contribution in [3.05, 3.63) is 77.1 Å². The van der Waals surface area contributed by atoms with E-state index in [2.05, 4.69) is 0 Å². The molecule has 6 nitrogen and oxygen atoms in total. The van der Waals surface area contributed by atoms with Crippen molar-refractivity contribution in [3.63, 3.8) is 0 Å². The Hall–Kier alpha value is -3.25. The van der Waals surface area contributed by atoms with E-state index in [1.165, 1.54) is 0 Å². The van der Waals surface area contributed by atoms with Crippen LogP contribution in [0.5, 0.6) is 0 Å². The Labute approximate surface area is 187 Å². The molecule has 0 spiro atoms. The number of carbonyl (C=O) groups is 1. The van der Waals surface area contributed by atoms with Crippen molar-refractivity contribution in [2.24, 2.45) is 11.8 Å². The van der Waals surface area contributed by atoms with E-state index in [1.54, 1.807) is 10.7 Å². The van der Waals surface area contributed by atoms with Crippen molar-refractivity contribution in [1.82, 2.24) is 9.78 Å². The highest BCUT2D eigenvalue weighted by Gasteiger charge is 2.23. The third kappa shape index (κ3) is 5.51. The molecule has 0 unspecified atom stereocenters. The summed E-state index contributed by atoms with van der Waals surface area (Å²) in [5.41, 5.74) is 3.53. The van der Waals surface area contributed by atoms with Crippen LogP contribution in [-0.2, 0) is 16.1 Å². The van der Waals surface area contributed by atoms with Gasteiger partial charge in [-0.3, -0.25) is 4.79 Å². The standard InChI is InChI=1S/C26H28N2O4/c29-24-15-23(21-7-3-1-4-8-21)26(22-9-5-2-6-10-22)27-28(24)16-19-11-13-20(14-12-19)17-32-18-25(30)31/h1-10,15,19-20H,11-14,16-18H2,(H,30,31)/t19-,20+. The second-order valence-electron chi connectivity index (χ2n) is 8.45. The zero-order chi connectivity index (χ0) is 22.3. The first-order valence-electron chi connectivity index (χ1n) is 11.1. The summed E-state index contributed by atoms with van der Waals surface area (Å²) >= 11 is 0. The first-order valence-corrected chi connectivity index (χ1v) is 11.1. The van der Waals surface area contributed by atoms with Gasteiger partial charge >= 0.3 is 5.97 Å². The van der Waals surface area contributed by atoms with Crippen molar-refractivity contribution in [2.75, 3.05) is 13.2 Å². The molecule has 1 fully saturated rings. The van der Waals surface area contributed by atoms with Gasteiger partial charge in [0.15, 0.2) is 0 Å². The molecule has 2 aromatic carbocycles. The van der Waals surface area contributed by atoms with Gasteiger partial charge in [0.25, 0.3) is 5.56 Å². The molecule has 0 radical (unpaired) electrons. The molecule has 3 aromatic rings. The molecule has 1 heterocycles. The van der Waals surface area contributed by atoms with Crippen LogP contribution in [-0.4, -0.2) is 34.1 Å². The summed E-state index contributed by atoms with van der Waals surface area (Å²) in [5.74, 6) is -0.171. The Morgan fingerprint density at radius 1 is 0.938 bits per heavy atom. The van der Waals surface area contributed by atoms with Crippen LogP contribution in [0.15, 0.2) is 71.5 Å². The van der Waals surface area contributed by atoms with E-state index in [0.717, 1.165) is 48.1 Å². The quantitative estimate of drug-likeness (QED) is 0.567. The fraction of sp³-hybridized carbons (Fsp3) is 0.346. The molecule has 32 heavy (non-hydrogen) atoms. The zero-order valence-electron chi connectivity index (χ0n) is 18.0. The highest BCUT2D eigenvalue weighted by Crippen LogP contribution is 2.31. The monoisotopic (exact) mass is 432 g/mol. The molecule has 1 N–H and O–H groups in total. The number of hydrogen-bond donors (Lipinski definition) is 1. The number of aliphatic carboxylic acids is 1. The molecule has 1 aliphatic rings. The van der Waals surface area contributed by atoms with Crippen LogP contribution in [0.3, 0.4) is 0 Å². The van der Waals surface area contributed by atoms with Crippen LogP contribution in [0.2, 0.25) is 0 Å². The molecule has 4 rings (SSSR count). The smallest absolute Gasteiger partial charge is 0.329 e. The molecular weight excluding hydrogens is 404 g/mol. The van der Waals surface area contributed by atoms with Crippen LogP contribution < -0.4 is 5.56 Å². The number of rotatable bonds is 8. The molecule has 1 aromatic heterocycles. The SMILES string of the molecule is O=C(O)COC[C@H]1CC[C@@H](Cn2nc(-c3ccccc3)c(-c3ccccc3)cc2=O)CC1. The molecule has 166 valence electrons. The van der Waals surface area contributed by atoms with Gasteiger partial charge in [0.1, 0.15) is 6.61 Å². The first kappa shape index (κ1) is 22.0. The van der Waals surface area contributed by atoms with E-state index in [-0.39, 0.29) is 12.2 Å². The number of carboxylic acid groups (broad SMARTS) is 1. The van der Waals surface area contributed by atoms with Gasteiger partial charge in [-0.25, -0.2) is 9.48 Å². The number of ether oxygens (including phenoxy) is 1. The lowest BCUT2D eigenvalue weighted by atomic mass is 9.82. The minimum atomic E-state index is -0.933. The summed E-state index contributed by atoms with van der Waals surface area (Å²) in [6, 6.07) is 21.6. The molecule has 0 saturated heterocycles. The fourth-order valence-electron chi connectivity index (χ4n) is 4.41. The number of aromatic nitrogens is 2. The molecule has 1 saturated carbocycles.